The first-order chi connectivity index (χ1) is 12.0. The normalized spacial score (nSPS) is 10.5. The Morgan fingerprint density at radius 3 is 2.68 bits per heavy atom. The van der Waals surface area contributed by atoms with Gasteiger partial charge in [0.2, 0.25) is 17.7 Å². The zero-order valence-corrected chi connectivity index (χ0v) is 15.4. The van der Waals surface area contributed by atoms with Crippen molar-refractivity contribution in [2.24, 2.45) is 0 Å². The van der Waals surface area contributed by atoms with E-state index < -0.39 is 0 Å². The molecule has 1 aromatic heterocycles. The van der Waals surface area contributed by atoms with Gasteiger partial charge in [-0.15, -0.1) is 10.2 Å². The van der Waals surface area contributed by atoms with Crippen molar-refractivity contribution in [1.82, 2.24) is 20.4 Å². The first-order valence-corrected chi connectivity index (χ1v) is 9.10. The number of benzene rings is 1. The average molecular weight is 362 g/mol. The van der Waals surface area contributed by atoms with E-state index in [1.165, 1.54) is 16.7 Å². The predicted molar refractivity (Wildman–Crippen MR) is 96.1 cm³/mol. The van der Waals surface area contributed by atoms with Crippen molar-refractivity contribution in [2.45, 2.75) is 26.0 Å². The van der Waals surface area contributed by atoms with Crippen LogP contribution in [-0.2, 0) is 9.59 Å². The number of hydrogen-bond donors (Lipinski definition) is 1. The molecule has 8 heteroatoms. The molecule has 0 aliphatic carbocycles. The largest absolute Gasteiger partial charge is 0.411 e. The molecule has 0 radical (unpaired) electrons. The van der Waals surface area contributed by atoms with Crippen LogP contribution < -0.4 is 5.32 Å². The summed E-state index contributed by atoms with van der Waals surface area (Å²) in [6.45, 7) is 6.72. The van der Waals surface area contributed by atoms with Crippen molar-refractivity contribution in [2.75, 3.05) is 25.4 Å². The van der Waals surface area contributed by atoms with Crippen molar-refractivity contribution >= 4 is 23.6 Å². The maximum Gasteiger partial charge on any atom is 0.277 e. The summed E-state index contributed by atoms with van der Waals surface area (Å²) in [4.78, 5) is 25.4. The summed E-state index contributed by atoms with van der Waals surface area (Å²) >= 11 is 1.17. The molecule has 2 rings (SSSR count). The average Bonchev–Trinajstić information content (AvgIpc) is 3.07. The van der Waals surface area contributed by atoms with Gasteiger partial charge in [-0.1, -0.05) is 30.0 Å². The number of thioether (sulfide) groups is 1. The number of nitrogens with one attached hydrogen (secondary N) is 1. The molecule has 25 heavy (non-hydrogen) atoms. The number of aromatic nitrogens is 2. The fraction of sp³-hybridized carbons (Fsp3) is 0.412. The first-order valence-electron chi connectivity index (χ1n) is 8.11. The van der Waals surface area contributed by atoms with E-state index in [-0.39, 0.29) is 24.1 Å². The molecule has 0 fully saturated rings. The molecule has 0 aliphatic heterocycles. The Balaban J connectivity index is 1.94. The number of nitrogens with zero attached hydrogens (tertiary/aromatic N) is 3. The Morgan fingerprint density at radius 1 is 1.24 bits per heavy atom. The van der Waals surface area contributed by atoms with Gasteiger partial charge in [0, 0.05) is 18.7 Å². The smallest absolute Gasteiger partial charge is 0.277 e. The molecule has 1 N–H and O–H groups in total. The lowest BCUT2D eigenvalue weighted by Gasteiger charge is -2.19. The Kier molecular flexibility index (Phi) is 7.00. The number of likely N-dealkylation sites (N-methyl/N-ethyl adjacent to an activating group) is 2. The summed E-state index contributed by atoms with van der Waals surface area (Å²) in [6.07, 6.45) is 0. The zero-order chi connectivity index (χ0) is 18.2. The monoisotopic (exact) mass is 362 g/mol. The summed E-state index contributed by atoms with van der Waals surface area (Å²) in [5.74, 6) is 0.266. The van der Waals surface area contributed by atoms with Gasteiger partial charge in [-0.3, -0.25) is 9.59 Å². The topological polar surface area (TPSA) is 88.3 Å². The van der Waals surface area contributed by atoms with E-state index in [0.29, 0.717) is 24.2 Å². The maximum absolute atomic E-state index is 12.3. The third-order valence-electron chi connectivity index (χ3n) is 3.54. The number of carbonyl (C=O) groups excluding carboxylic acids is 2. The van der Waals surface area contributed by atoms with Crippen LogP contribution in [0.1, 0.15) is 19.4 Å². The number of hydrogen-bond acceptors (Lipinski definition) is 6. The molecule has 0 saturated heterocycles. The van der Waals surface area contributed by atoms with E-state index in [1.54, 1.807) is 0 Å². The van der Waals surface area contributed by atoms with Crippen molar-refractivity contribution < 1.29 is 14.0 Å². The van der Waals surface area contributed by atoms with Crippen molar-refractivity contribution in [3.63, 3.8) is 0 Å². The van der Waals surface area contributed by atoms with Crippen LogP contribution in [0.25, 0.3) is 11.5 Å². The van der Waals surface area contributed by atoms with Gasteiger partial charge in [-0.25, -0.2) is 0 Å². The SMILES string of the molecule is CCNC(=O)CN(CC)C(=O)CSc1nnc(-c2ccccc2C)o1. The third-order valence-corrected chi connectivity index (χ3v) is 4.35. The second-order valence-corrected chi connectivity index (χ2v) is 6.26. The summed E-state index contributed by atoms with van der Waals surface area (Å²) in [5, 5.41) is 11.0. The summed E-state index contributed by atoms with van der Waals surface area (Å²) < 4.78 is 5.62. The minimum absolute atomic E-state index is 0.0576. The lowest BCUT2D eigenvalue weighted by molar-refractivity contribution is -0.133. The molecular weight excluding hydrogens is 340 g/mol. The molecule has 0 aliphatic rings. The highest BCUT2D eigenvalue weighted by atomic mass is 32.2. The van der Waals surface area contributed by atoms with Crippen LogP contribution in [0.3, 0.4) is 0 Å². The lowest BCUT2D eigenvalue weighted by Crippen LogP contribution is -2.41. The standard InChI is InChI=1S/C17H22N4O3S/c1-4-18-14(22)10-21(5-2)15(23)11-25-17-20-19-16(24-17)13-9-7-6-8-12(13)3/h6-9H,4-5,10-11H2,1-3H3,(H,18,22). The van der Waals surface area contributed by atoms with Crippen molar-refractivity contribution in [3.05, 3.63) is 29.8 Å². The lowest BCUT2D eigenvalue weighted by atomic mass is 10.1. The predicted octanol–water partition coefficient (Wildman–Crippen LogP) is 2.12. The van der Waals surface area contributed by atoms with Crippen LogP contribution in [0.4, 0.5) is 0 Å². The minimum atomic E-state index is -0.165. The van der Waals surface area contributed by atoms with Gasteiger partial charge in [0.05, 0.1) is 12.3 Å². The van der Waals surface area contributed by atoms with Gasteiger partial charge >= 0.3 is 0 Å². The highest BCUT2D eigenvalue weighted by Crippen LogP contribution is 2.25. The molecule has 0 unspecified atom stereocenters. The second-order valence-electron chi connectivity index (χ2n) is 5.34. The maximum atomic E-state index is 12.3. The van der Waals surface area contributed by atoms with E-state index >= 15 is 0 Å². The van der Waals surface area contributed by atoms with Crippen LogP contribution in [0.2, 0.25) is 0 Å². The molecule has 7 nitrogen and oxygen atoms in total. The molecular formula is C17H22N4O3S. The molecule has 0 spiro atoms. The van der Waals surface area contributed by atoms with Gasteiger partial charge in [0.1, 0.15) is 0 Å². The van der Waals surface area contributed by atoms with Gasteiger partial charge in [-0.2, -0.15) is 0 Å². The Labute approximate surface area is 151 Å². The minimum Gasteiger partial charge on any atom is -0.411 e. The molecule has 0 bridgehead atoms. The van der Waals surface area contributed by atoms with E-state index in [9.17, 15) is 9.59 Å². The quantitative estimate of drug-likeness (QED) is 0.724. The van der Waals surface area contributed by atoms with Crippen LogP contribution in [0, 0.1) is 6.92 Å². The fourth-order valence-corrected chi connectivity index (χ4v) is 2.87. The molecule has 0 saturated carbocycles. The van der Waals surface area contributed by atoms with Crippen molar-refractivity contribution in [1.29, 1.82) is 0 Å². The molecule has 2 aromatic rings. The number of aryl methyl sites for hydroxylation is 1. The summed E-state index contributed by atoms with van der Waals surface area (Å²) in [6, 6.07) is 7.73. The zero-order valence-electron chi connectivity index (χ0n) is 14.6. The Morgan fingerprint density at radius 2 is 2.00 bits per heavy atom. The highest BCUT2D eigenvalue weighted by molar-refractivity contribution is 7.99. The summed E-state index contributed by atoms with van der Waals surface area (Å²) in [7, 11) is 0. The fourth-order valence-electron chi connectivity index (χ4n) is 2.21. The van der Waals surface area contributed by atoms with Crippen molar-refractivity contribution in [3.8, 4) is 11.5 Å². The summed E-state index contributed by atoms with van der Waals surface area (Å²) in [5.41, 5.74) is 1.91. The third kappa shape index (κ3) is 5.32. The van der Waals surface area contributed by atoms with E-state index in [0.717, 1.165) is 11.1 Å². The highest BCUT2D eigenvalue weighted by Gasteiger charge is 2.17. The van der Waals surface area contributed by atoms with E-state index in [2.05, 4.69) is 15.5 Å². The second kappa shape index (κ2) is 9.22. The van der Waals surface area contributed by atoms with E-state index in [1.807, 2.05) is 45.0 Å². The number of rotatable bonds is 8. The Bertz CT molecular complexity index is 732. The van der Waals surface area contributed by atoms with Gasteiger partial charge in [-0.05, 0) is 32.4 Å². The molecule has 0 atom stereocenters. The number of carbonyl (C=O) groups is 2. The van der Waals surface area contributed by atoms with Crippen LogP contribution in [-0.4, -0.2) is 52.3 Å². The molecule has 134 valence electrons. The number of amides is 2. The first kappa shape index (κ1) is 19.0. The van der Waals surface area contributed by atoms with Crippen LogP contribution in [0.15, 0.2) is 33.9 Å². The van der Waals surface area contributed by atoms with Crippen LogP contribution in [0.5, 0.6) is 0 Å². The van der Waals surface area contributed by atoms with E-state index in [4.69, 9.17) is 4.42 Å². The van der Waals surface area contributed by atoms with Crippen LogP contribution >= 0.6 is 11.8 Å². The Hall–Kier alpha value is -2.35. The molecule has 1 aromatic carbocycles. The molecule has 2 amide bonds. The van der Waals surface area contributed by atoms with Gasteiger partial charge in [0.15, 0.2) is 0 Å². The van der Waals surface area contributed by atoms with Gasteiger partial charge < -0.3 is 14.6 Å². The molecule has 1 heterocycles. The van der Waals surface area contributed by atoms with Gasteiger partial charge in [0.25, 0.3) is 5.22 Å².